The molecule has 0 atom stereocenters. The zero-order valence-corrected chi connectivity index (χ0v) is 9.73. The third-order valence-electron chi connectivity index (χ3n) is 2.50. The van der Waals surface area contributed by atoms with Crippen molar-refractivity contribution in [1.82, 2.24) is 4.98 Å². The van der Waals surface area contributed by atoms with Crippen molar-refractivity contribution in [3.63, 3.8) is 0 Å². The second kappa shape index (κ2) is 5.43. The van der Waals surface area contributed by atoms with E-state index in [-0.39, 0.29) is 23.5 Å². The van der Waals surface area contributed by atoms with Crippen LogP contribution < -0.4 is 5.32 Å². The molecule has 6 heteroatoms. The molecule has 0 aliphatic carbocycles. The topological polar surface area (TPSA) is 62.2 Å². The lowest BCUT2D eigenvalue weighted by Gasteiger charge is -2.09. The fourth-order valence-electron chi connectivity index (χ4n) is 1.59. The molecule has 19 heavy (non-hydrogen) atoms. The van der Waals surface area contributed by atoms with Crippen LogP contribution in [0.3, 0.4) is 0 Å². The van der Waals surface area contributed by atoms with Gasteiger partial charge in [-0.1, -0.05) is 0 Å². The molecule has 2 aromatic rings. The number of carbonyl (C=O) groups is 1. The van der Waals surface area contributed by atoms with E-state index in [9.17, 15) is 13.6 Å². The molecule has 0 amide bonds. The van der Waals surface area contributed by atoms with E-state index in [0.29, 0.717) is 0 Å². The minimum absolute atomic E-state index is 0.0111. The third kappa shape index (κ3) is 3.04. The fourth-order valence-corrected chi connectivity index (χ4v) is 1.59. The second-order valence-corrected chi connectivity index (χ2v) is 3.78. The fraction of sp³-hybridized carbons (Fsp3) is 0.0769. The molecule has 0 aliphatic rings. The molecule has 1 heterocycles. The van der Waals surface area contributed by atoms with Crippen molar-refractivity contribution in [2.45, 2.75) is 6.54 Å². The first-order valence-electron chi connectivity index (χ1n) is 5.44. The van der Waals surface area contributed by atoms with E-state index < -0.39 is 17.6 Å². The Balaban J connectivity index is 2.19. The maximum Gasteiger partial charge on any atom is 0.337 e. The molecule has 0 radical (unpaired) electrons. The second-order valence-electron chi connectivity index (χ2n) is 3.78. The number of aromatic nitrogens is 1. The molecule has 2 N–H and O–H groups in total. The zero-order chi connectivity index (χ0) is 13.8. The molecule has 0 unspecified atom stereocenters. The van der Waals surface area contributed by atoms with Crippen molar-refractivity contribution in [3.05, 3.63) is 59.4 Å². The van der Waals surface area contributed by atoms with Crippen molar-refractivity contribution in [3.8, 4) is 0 Å². The minimum Gasteiger partial charge on any atom is -0.478 e. The average molecular weight is 264 g/mol. The molecule has 1 aromatic heterocycles. The van der Waals surface area contributed by atoms with E-state index in [1.165, 1.54) is 18.3 Å². The number of halogens is 2. The summed E-state index contributed by atoms with van der Waals surface area (Å²) in [5.41, 5.74) is 0.229. The molecule has 0 saturated heterocycles. The van der Waals surface area contributed by atoms with Crippen LogP contribution >= 0.6 is 0 Å². The Morgan fingerprint density at radius 3 is 2.84 bits per heavy atom. The largest absolute Gasteiger partial charge is 0.478 e. The van der Waals surface area contributed by atoms with Crippen LogP contribution in [0.2, 0.25) is 0 Å². The molecule has 0 spiro atoms. The summed E-state index contributed by atoms with van der Waals surface area (Å²) in [6.07, 6.45) is 1.44. The molecule has 2 rings (SSSR count). The summed E-state index contributed by atoms with van der Waals surface area (Å²) in [6.45, 7) is -0.0111. The van der Waals surface area contributed by atoms with Gasteiger partial charge in [0.15, 0.2) is 0 Å². The van der Waals surface area contributed by atoms with Crippen LogP contribution in [0.15, 0.2) is 36.5 Å². The number of nitrogens with one attached hydrogen (secondary N) is 1. The standard InChI is InChI=1S/C13H10F2N2O2/c14-8-3-4-10(15)11(6-8)17-7-12-9(13(18)19)2-1-5-16-12/h1-6,17H,7H2,(H,18,19). The van der Waals surface area contributed by atoms with E-state index in [1.807, 2.05) is 0 Å². The number of hydrogen-bond acceptors (Lipinski definition) is 3. The highest BCUT2D eigenvalue weighted by molar-refractivity contribution is 5.88. The Labute approximate surface area is 107 Å². The van der Waals surface area contributed by atoms with Gasteiger partial charge in [-0.3, -0.25) is 4.98 Å². The first-order valence-corrected chi connectivity index (χ1v) is 5.44. The predicted molar refractivity (Wildman–Crippen MR) is 64.9 cm³/mol. The number of rotatable bonds is 4. The number of nitrogens with zero attached hydrogens (tertiary/aromatic N) is 1. The quantitative estimate of drug-likeness (QED) is 0.891. The van der Waals surface area contributed by atoms with Crippen LogP contribution in [0.25, 0.3) is 0 Å². The van der Waals surface area contributed by atoms with Crippen molar-refractivity contribution in [1.29, 1.82) is 0 Å². The average Bonchev–Trinajstić information content (AvgIpc) is 2.40. The van der Waals surface area contributed by atoms with E-state index in [1.54, 1.807) is 0 Å². The van der Waals surface area contributed by atoms with Crippen molar-refractivity contribution in [2.75, 3.05) is 5.32 Å². The summed E-state index contributed by atoms with van der Waals surface area (Å²) in [7, 11) is 0. The number of benzene rings is 1. The lowest BCUT2D eigenvalue weighted by atomic mass is 10.2. The van der Waals surface area contributed by atoms with Gasteiger partial charge in [0, 0.05) is 6.20 Å². The number of aromatic carboxylic acids is 1. The SMILES string of the molecule is O=C(O)c1cccnc1CNc1cc(F)ccc1F. The summed E-state index contributed by atoms with van der Waals surface area (Å²) < 4.78 is 26.3. The molecule has 1 aromatic carbocycles. The Hall–Kier alpha value is -2.50. The van der Waals surface area contributed by atoms with Gasteiger partial charge in [-0.05, 0) is 30.3 Å². The van der Waals surface area contributed by atoms with Crippen molar-refractivity contribution < 1.29 is 18.7 Å². The lowest BCUT2D eigenvalue weighted by Crippen LogP contribution is -2.10. The Morgan fingerprint density at radius 2 is 2.11 bits per heavy atom. The first kappa shape index (κ1) is 12.9. The number of pyridine rings is 1. The highest BCUT2D eigenvalue weighted by Crippen LogP contribution is 2.16. The van der Waals surface area contributed by atoms with Gasteiger partial charge in [0.1, 0.15) is 11.6 Å². The molecule has 0 saturated carbocycles. The molecular weight excluding hydrogens is 254 g/mol. The van der Waals surface area contributed by atoms with Gasteiger partial charge in [-0.2, -0.15) is 0 Å². The molecule has 4 nitrogen and oxygen atoms in total. The van der Waals surface area contributed by atoms with Crippen LogP contribution in [0, 0.1) is 11.6 Å². The number of carboxylic acids is 1. The summed E-state index contributed by atoms with van der Waals surface area (Å²) in [4.78, 5) is 14.9. The van der Waals surface area contributed by atoms with E-state index in [2.05, 4.69) is 10.3 Å². The van der Waals surface area contributed by atoms with Crippen molar-refractivity contribution in [2.24, 2.45) is 0 Å². The predicted octanol–water partition coefficient (Wildman–Crippen LogP) is 2.67. The van der Waals surface area contributed by atoms with Gasteiger partial charge in [0.25, 0.3) is 0 Å². The normalized spacial score (nSPS) is 10.2. The van der Waals surface area contributed by atoms with Gasteiger partial charge < -0.3 is 10.4 Å². The molecule has 0 fully saturated rings. The third-order valence-corrected chi connectivity index (χ3v) is 2.50. The Morgan fingerprint density at radius 1 is 1.32 bits per heavy atom. The number of anilines is 1. The van der Waals surface area contributed by atoms with Crippen LogP contribution in [0.1, 0.15) is 16.1 Å². The molecule has 0 aliphatic heterocycles. The molecular formula is C13H10F2N2O2. The highest BCUT2D eigenvalue weighted by Gasteiger charge is 2.11. The van der Waals surface area contributed by atoms with E-state index in [0.717, 1.165) is 18.2 Å². The summed E-state index contributed by atoms with van der Waals surface area (Å²) >= 11 is 0. The number of hydrogen-bond donors (Lipinski definition) is 2. The molecule has 0 bridgehead atoms. The van der Waals surface area contributed by atoms with Crippen molar-refractivity contribution >= 4 is 11.7 Å². The maximum absolute atomic E-state index is 13.4. The smallest absolute Gasteiger partial charge is 0.337 e. The Bertz CT molecular complexity index is 617. The van der Waals surface area contributed by atoms with E-state index in [4.69, 9.17) is 5.11 Å². The van der Waals surface area contributed by atoms with Crippen LogP contribution in [-0.2, 0) is 6.54 Å². The van der Waals surface area contributed by atoms with Gasteiger partial charge in [0.05, 0.1) is 23.5 Å². The lowest BCUT2D eigenvalue weighted by molar-refractivity contribution is 0.0695. The summed E-state index contributed by atoms with van der Waals surface area (Å²) in [5, 5.41) is 11.6. The van der Waals surface area contributed by atoms with Gasteiger partial charge >= 0.3 is 5.97 Å². The van der Waals surface area contributed by atoms with Gasteiger partial charge in [-0.25, -0.2) is 13.6 Å². The van der Waals surface area contributed by atoms with Crippen LogP contribution in [0.5, 0.6) is 0 Å². The number of carboxylic acid groups (broad SMARTS) is 1. The van der Waals surface area contributed by atoms with Crippen LogP contribution in [0.4, 0.5) is 14.5 Å². The summed E-state index contributed by atoms with van der Waals surface area (Å²) in [6, 6.07) is 5.89. The first-order chi connectivity index (χ1) is 9.08. The highest BCUT2D eigenvalue weighted by atomic mass is 19.1. The van der Waals surface area contributed by atoms with Gasteiger partial charge in [-0.15, -0.1) is 0 Å². The molecule has 98 valence electrons. The van der Waals surface area contributed by atoms with Gasteiger partial charge in [0.2, 0.25) is 0 Å². The maximum atomic E-state index is 13.4. The van der Waals surface area contributed by atoms with Crippen LogP contribution in [-0.4, -0.2) is 16.1 Å². The summed E-state index contributed by atoms with van der Waals surface area (Å²) in [5.74, 6) is -2.32. The zero-order valence-electron chi connectivity index (χ0n) is 9.73. The monoisotopic (exact) mass is 264 g/mol. The Kier molecular flexibility index (Phi) is 3.70. The van der Waals surface area contributed by atoms with E-state index >= 15 is 0 Å². The minimum atomic E-state index is -1.12.